The highest BCUT2D eigenvalue weighted by Gasteiger charge is 2.34. The van der Waals surface area contributed by atoms with Crippen LogP contribution in [0.25, 0.3) is 0 Å². The molecule has 1 heteroatoms. The monoisotopic (exact) mass is 218 g/mol. The first-order chi connectivity index (χ1) is 7.51. The fourth-order valence-electron chi connectivity index (χ4n) is 2.84. The lowest BCUT2D eigenvalue weighted by Gasteiger charge is -2.36. The van der Waals surface area contributed by atoms with Gasteiger partial charge in [-0.25, -0.2) is 0 Å². The van der Waals surface area contributed by atoms with Gasteiger partial charge in [-0.1, -0.05) is 30.7 Å². The third-order valence-electron chi connectivity index (χ3n) is 3.98. The first-order valence-corrected chi connectivity index (χ1v) is 6.31. The summed E-state index contributed by atoms with van der Waals surface area (Å²) in [6.07, 6.45) is 4.11. The van der Waals surface area contributed by atoms with Gasteiger partial charge >= 0.3 is 0 Å². The summed E-state index contributed by atoms with van der Waals surface area (Å²) in [5, 5.41) is 10.7. The third kappa shape index (κ3) is 2.15. The molecule has 1 N–H and O–H groups in total. The van der Waals surface area contributed by atoms with Gasteiger partial charge in [0, 0.05) is 0 Å². The molecule has 0 bridgehead atoms. The molecule has 0 spiro atoms. The molecule has 1 nitrogen and oxygen atoms in total. The average molecular weight is 218 g/mol. The smallest absolute Gasteiger partial charge is 0.0899 e. The Balaban J connectivity index is 2.29. The molecule has 0 unspecified atom stereocenters. The van der Waals surface area contributed by atoms with Crippen LogP contribution in [0.2, 0.25) is 0 Å². The fraction of sp³-hybridized carbons (Fsp3) is 0.600. The summed E-state index contributed by atoms with van der Waals surface area (Å²) in [6, 6.07) is 6.39. The van der Waals surface area contributed by atoms with Crippen LogP contribution in [0.5, 0.6) is 0 Å². The first-order valence-electron chi connectivity index (χ1n) is 6.31. The van der Waals surface area contributed by atoms with E-state index in [2.05, 4.69) is 39.0 Å². The summed E-state index contributed by atoms with van der Waals surface area (Å²) in [4.78, 5) is 0. The van der Waals surface area contributed by atoms with Crippen LogP contribution in [0.15, 0.2) is 18.2 Å². The average Bonchev–Trinajstić information content (AvgIpc) is 2.22. The van der Waals surface area contributed by atoms with Crippen LogP contribution in [-0.2, 0) is 5.60 Å². The van der Waals surface area contributed by atoms with Crippen molar-refractivity contribution in [1.29, 1.82) is 0 Å². The highest BCUT2D eigenvalue weighted by atomic mass is 16.3. The molecular formula is C15H22O. The van der Waals surface area contributed by atoms with E-state index in [1.165, 1.54) is 11.1 Å². The number of rotatable bonds is 1. The number of hydrogen-bond donors (Lipinski definition) is 1. The lowest BCUT2D eigenvalue weighted by atomic mass is 9.74. The molecule has 2 rings (SSSR count). The van der Waals surface area contributed by atoms with Crippen LogP contribution in [0.4, 0.5) is 0 Å². The van der Waals surface area contributed by atoms with Crippen molar-refractivity contribution in [3.05, 3.63) is 34.9 Å². The van der Waals surface area contributed by atoms with Crippen molar-refractivity contribution in [2.24, 2.45) is 5.92 Å². The number of aryl methyl sites for hydroxylation is 2. The van der Waals surface area contributed by atoms with E-state index in [9.17, 15) is 5.11 Å². The topological polar surface area (TPSA) is 20.2 Å². The predicted molar refractivity (Wildman–Crippen MR) is 67.4 cm³/mol. The van der Waals surface area contributed by atoms with Crippen molar-refractivity contribution in [1.82, 2.24) is 0 Å². The molecule has 1 aromatic rings. The predicted octanol–water partition coefficient (Wildman–Crippen LogP) is 3.70. The second kappa shape index (κ2) is 4.21. The summed E-state index contributed by atoms with van der Waals surface area (Å²) in [7, 11) is 0. The fourth-order valence-corrected chi connectivity index (χ4v) is 2.84. The molecule has 0 radical (unpaired) electrons. The quantitative estimate of drug-likeness (QED) is 0.762. The Morgan fingerprint density at radius 3 is 2.38 bits per heavy atom. The zero-order valence-corrected chi connectivity index (χ0v) is 10.6. The Morgan fingerprint density at radius 2 is 1.81 bits per heavy atom. The van der Waals surface area contributed by atoms with Gasteiger partial charge in [-0.2, -0.15) is 0 Å². The highest BCUT2D eigenvalue weighted by molar-refractivity contribution is 5.35. The second-order valence-electron chi connectivity index (χ2n) is 5.53. The van der Waals surface area contributed by atoms with Gasteiger partial charge in [0.25, 0.3) is 0 Å². The molecule has 0 amide bonds. The maximum atomic E-state index is 10.7. The van der Waals surface area contributed by atoms with E-state index in [0.29, 0.717) is 0 Å². The minimum absolute atomic E-state index is 0.565. The highest BCUT2D eigenvalue weighted by Crippen LogP contribution is 2.40. The molecule has 16 heavy (non-hydrogen) atoms. The molecule has 0 aliphatic heterocycles. The maximum Gasteiger partial charge on any atom is 0.0899 e. The van der Waals surface area contributed by atoms with Crippen molar-refractivity contribution in [2.75, 3.05) is 0 Å². The Morgan fingerprint density at radius 1 is 1.19 bits per heavy atom. The van der Waals surface area contributed by atoms with E-state index in [1.54, 1.807) is 0 Å². The van der Waals surface area contributed by atoms with Gasteiger partial charge in [-0.15, -0.1) is 0 Å². The Hall–Kier alpha value is -0.820. The van der Waals surface area contributed by atoms with Gasteiger partial charge in [0.05, 0.1) is 5.60 Å². The van der Waals surface area contributed by atoms with E-state index in [4.69, 9.17) is 0 Å². The van der Waals surface area contributed by atoms with E-state index in [-0.39, 0.29) is 0 Å². The molecule has 0 saturated heterocycles. The van der Waals surface area contributed by atoms with Crippen LogP contribution in [-0.4, -0.2) is 5.11 Å². The van der Waals surface area contributed by atoms with Crippen molar-refractivity contribution >= 4 is 0 Å². The van der Waals surface area contributed by atoms with Crippen molar-refractivity contribution in [3.63, 3.8) is 0 Å². The molecule has 1 saturated carbocycles. The van der Waals surface area contributed by atoms with Crippen LogP contribution in [0.1, 0.15) is 49.3 Å². The van der Waals surface area contributed by atoms with Crippen LogP contribution < -0.4 is 0 Å². The zero-order valence-electron chi connectivity index (χ0n) is 10.6. The molecule has 1 aromatic carbocycles. The van der Waals surface area contributed by atoms with Gasteiger partial charge < -0.3 is 5.11 Å². The molecule has 1 fully saturated rings. The molecule has 88 valence electrons. The molecule has 0 aromatic heterocycles. The standard InChI is InChI=1S/C15H22O/c1-11-6-8-15(16,9-7-11)14-5-4-12(2)10-13(14)3/h4-5,10-11,16H,6-9H2,1-3H3. The lowest BCUT2D eigenvalue weighted by molar-refractivity contribution is -0.0125. The van der Waals surface area contributed by atoms with Gasteiger partial charge in [0.15, 0.2) is 0 Å². The number of benzene rings is 1. The molecular weight excluding hydrogens is 196 g/mol. The van der Waals surface area contributed by atoms with Crippen LogP contribution >= 0.6 is 0 Å². The molecule has 1 aliphatic carbocycles. The summed E-state index contributed by atoms with van der Waals surface area (Å²) in [6.45, 7) is 6.49. The van der Waals surface area contributed by atoms with E-state index in [0.717, 1.165) is 37.2 Å². The summed E-state index contributed by atoms with van der Waals surface area (Å²) < 4.78 is 0. The molecule has 1 aliphatic rings. The van der Waals surface area contributed by atoms with Gasteiger partial charge in [-0.3, -0.25) is 0 Å². The Bertz CT molecular complexity index is 373. The number of aliphatic hydroxyl groups is 1. The minimum atomic E-state index is -0.565. The lowest BCUT2D eigenvalue weighted by Crippen LogP contribution is -2.31. The molecule has 0 heterocycles. The largest absolute Gasteiger partial charge is 0.385 e. The third-order valence-corrected chi connectivity index (χ3v) is 3.98. The van der Waals surface area contributed by atoms with E-state index < -0.39 is 5.60 Å². The van der Waals surface area contributed by atoms with Crippen LogP contribution in [0.3, 0.4) is 0 Å². The maximum absolute atomic E-state index is 10.7. The normalized spacial score (nSPS) is 30.4. The first kappa shape index (κ1) is 11.7. The SMILES string of the molecule is Cc1ccc(C2(O)CCC(C)CC2)c(C)c1. The second-order valence-corrected chi connectivity index (χ2v) is 5.53. The Kier molecular flexibility index (Phi) is 3.07. The summed E-state index contributed by atoms with van der Waals surface area (Å²) in [5.74, 6) is 0.769. The van der Waals surface area contributed by atoms with E-state index in [1.807, 2.05) is 0 Å². The van der Waals surface area contributed by atoms with Gasteiger partial charge in [-0.05, 0) is 56.6 Å². The number of hydrogen-bond acceptors (Lipinski definition) is 1. The Labute approximate surface area is 98.5 Å². The van der Waals surface area contributed by atoms with Gasteiger partial charge in [0.1, 0.15) is 0 Å². The summed E-state index contributed by atoms with van der Waals surface area (Å²) >= 11 is 0. The molecule has 0 atom stereocenters. The van der Waals surface area contributed by atoms with Crippen molar-refractivity contribution in [3.8, 4) is 0 Å². The van der Waals surface area contributed by atoms with Crippen LogP contribution in [0, 0.1) is 19.8 Å². The summed E-state index contributed by atoms with van der Waals surface area (Å²) in [5.41, 5.74) is 3.08. The zero-order chi connectivity index (χ0) is 11.8. The minimum Gasteiger partial charge on any atom is -0.385 e. The van der Waals surface area contributed by atoms with Crippen molar-refractivity contribution in [2.45, 2.75) is 52.1 Å². The van der Waals surface area contributed by atoms with Gasteiger partial charge in [0.2, 0.25) is 0 Å². The van der Waals surface area contributed by atoms with Crippen molar-refractivity contribution < 1.29 is 5.11 Å². The van der Waals surface area contributed by atoms with E-state index >= 15 is 0 Å².